The Morgan fingerprint density at radius 3 is 2.71 bits per heavy atom. The van der Waals surface area contributed by atoms with E-state index in [1.165, 1.54) is 12.1 Å². The third kappa shape index (κ3) is 2.98. The van der Waals surface area contributed by atoms with Crippen LogP contribution in [0.5, 0.6) is 11.5 Å². The lowest BCUT2D eigenvalue weighted by atomic mass is 10.2. The molecule has 0 spiro atoms. The average molecular weight is 251 g/mol. The molecule has 88 valence electrons. The molecule has 0 aliphatic heterocycles. The highest BCUT2D eigenvalue weighted by molar-refractivity contribution is 6.17. The smallest absolute Gasteiger partial charge is 0.130 e. The van der Waals surface area contributed by atoms with Crippen molar-refractivity contribution in [1.82, 2.24) is 0 Å². The van der Waals surface area contributed by atoms with Crippen LogP contribution in [0.15, 0.2) is 42.5 Å². The van der Waals surface area contributed by atoms with Gasteiger partial charge in [0.15, 0.2) is 0 Å². The zero-order valence-corrected chi connectivity index (χ0v) is 10.2. The van der Waals surface area contributed by atoms with Crippen LogP contribution in [0.25, 0.3) is 0 Å². The monoisotopic (exact) mass is 250 g/mol. The Labute approximate surface area is 105 Å². The van der Waals surface area contributed by atoms with Crippen molar-refractivity contribution in [2.45, 2.75) is 12.8 Å². The molecule has 0 saturated heterocycles. The van der Waals surface area contributed by atoms with Crippen LogP contribution in [0.3, 0.4) is 0 Å². The molecular formula is C14H12ClFO. The van der Waals surface area contributed by atoms with Crippen LogP contribution < -0.4 is 4.74 Å². The molecule has 2 rings (SSSR count). The summed E-state index contributed by atoms with van der Waals surface area (Å²) < 4.78 is 18.6. The number of aryl methyl sites for hydroxylation is 1. The van der Waals surface area contributed by atoms with Crippen LogP contribution >= 0.6 is 11.6 Å². The zero-order valence-electron chi connectivity index (χ0n) is 9.41. The third-order valence-electron chi connectivity index (χ3n) is 2.42. The van der Waals surface area contributed by atoms with Crippen molar-refractivity contribution in [2.75, 3.05) is 0 Å². The van der Waals surface area contributed by atoms with E-state index in [9.17, 15) is 4.39 Å². The van der Waals surface area contributed by atoms with Crippen LogP contribution in [0.1, 0.15) is 11.1 Å². The number of hydrogen-bond acceptors (Lipinski definition) is 1. The Kier molecular flexibility index (Phi) is 3.64. The van der Waals surface area contributed by atoms with Crippen molar-refractivity contribution < 1.29 is 9.13 Å². The lowest BCUT2D eigenvalue weighted by Gasteiger charge is -2.09. The highest BCUT2D eigenvalue weighted by atomic mass is 35.5. The Hall–Kier alpha value is -1.54. The molecule has 0 saturated carbocycles. The van der Waals surface area contributed by atoms with E-state index in [0.29, 0.717) is 17.4 Å². The summed E-state index contributed by atoms with van der Waals surface area (Å²) in [6, 6.07) is 12.0. The molecule has 0 aliphatic rings. The maximum atomic E-state index is 12.9. The summed E-state index contributed by atoms with van der Waals surface area (Å²) in [4.78, 5) is 0. The molecule has 2 aromatic carbocycles. The number of alkyl halides is 1. The van der Waals surface area contributed by atoms with Gasteiger partial charge in [0, 0.05) is 5.88 Å². The molecule has 1 nitrogen and oxygen atoms in total. The molecule has 0 atom stereocenters. The molecule has 0 N–H and O–H groups in total. The Morgan fingerprint density at radius 2 is 2.00 bits per heavy atom. The third-order valence-corrected chi connectivity index (χ3v) is 2.73. The largest absolute Gasteiger partial charge is 0.457 e. The summed E-state index contributed by atoms with van der Waals surface area (Å²) in [6.07, 6.45) is 0. The number of benzene rings is 2. The topological polar surface area (TPSA) is 9.23 Å². The molecule has 3 heteroatoms. The fourth-order valence-electron chi connectivity index (χ4n) is 1.55. The number of halogens is 2. The Bertz CT molecular complexity index is 525. The lowest BCUT2D eigenvalue weighted by molar-refractivity contribution is 0.476. The zero-order chi connectivity index (χ0) is 12.3. The second-order valence-electron chi connectivity index (χ2n) is 3.79. The normalized spacial score (nSPS) is 10.3. The van der Waals surface area contributed by atoms with Gasteiger partial charge in [-0.05, 0) is 48.4 Å². The molecule has 0 amide bonds. The Morgan fingerprint density at radius 1 is 1.18 bits per heavy atom. The summed E-state index contributed by atoms with van der Waals surface area (Å²) in [5.41, 5.74) is 1.75. The van der Waals surface area contributed by atoms with E-state index in [1.807, 2.05) is 31.2 Å². The van der Waals surface area contributed by atoms with Crippen molar-refractivity contribution in [1.29, 1.82) is 0 Å². The van der Waals surface area contributed by atoms with Crippen LogP contribution in [0.4, 0.5) is 4.39 Å². The second kappa shape index (κ2) is 5.19. The molecular weight excluding hydrogens is 239 g/mol. The second-order valence-corrected chi connectivity index (χ2v) is 4.06. The van der Waals surface area contributed by atoms with Gasteiger partial charge in [-0.1, -0.05) is 12.1 Å². The first-order valence-electron chi connectivity index (χ1n) is 5.28. The SMILES string of the molecule is Cc1cc(F)ccc1Oc1cccc(CCl)c1. The minimum Gasteiger partial charge on any atom is -0.457 e. The standard InChI is InChI=1S/C14H12ClFO/c1-10-7-12(16)5-6-14(10)17-13-4-2-3-11(8-13)9-15/h2-8H,9H2,1H3. The molecule has 0 fully saturated rings. The van der Waals surface area contributed by atoms with Gasteiger partial charge in [-0.25, -0.2) is 4.39 Å². The van der Waals surface area contributed by atoms with Gasteiger partial charge in [0.1, 0.15) is 17.3 Å². The fraction of sp³-hybridized carbons (Fsp3) is 0.143. The van der Waals surface area contributed by atoms with E-state index in [2.05, 4.69) is 0 Å². The van der Waals surface area contributed by atoms with Gasteiger partial charge in [-0.3, -0.25) is 0 Å². The average Bonchev–Trinajstić information content (AvgIpc) is 2.33. The number of hydrogen-bond donors (Lipinski definition) is 0. The fourth-order valence-corrected chi connectivity index (χ4v) is 1.71. The molecule has 2 aromatic rings. The van der Waals surface area contributed by atoms with Crippen LogP contribution in [-0.4, -0.2) is 0 Å². The van der Waals surface area contributed by atoms with Crippen LogP contribution in [-0.2, 0) is 5.88 Å². The maximum absolute atomic E-state index is 12.9. The molecule has 0 heterocycles. The van der Waals surface area contributed by atoms with E-state index in [-0.39, 0.29) is 5.82 Å². The summed E-state index contributed by atoms with van der Waals surface area (Å²) in [5.74, 6) is 1.54. The predicted molar refractivity (Wildman–Crippen MR) is 67.2 cm³/mol. The predicted octanol–water partition coefficient (Wildman–Crippen LogP) is 4.67. The highest BCUT2D eigenvalue weighted by Crippen LogP contribution is 2.26. The molecule has 0 unspecified atom stereocenters. The summed E-state index contributed by atoms with van der Waals surface area (Å²) in [7, 11) is 0. The molecule has 0 aliphatic carbocycles. The first-order valence-corrected chi connectivity index (χ1v) is 5.81. The van der Waals surface area contributed by atoms with Crippen molar-refractivity contribution in [2.24, 2.45) is 0 Å². The minimum atomic E-state index is -0.260. The van der Waals surface area contributed by atoms with Gasteiger partial charge in [-0.15, -0.1) is 11.6 Å². The lowest BCUT2D eigenvalue weighted by Crippen LogP contribution is -1.89. The van der Waals surface area contributed by atoms with Gasteiger partial charge >= 0.3 is 0 Å². The first-order chi connectivity index (χ1) is 8.19. The van der Waals surface area contributed by atoms with Crippen molar-refractivity contribution in [3.8, 4) is 11.5 Å². The van der Waals surface area contributed by atoms with Crippen molar-refractivity contribution >= 4 is 11.6 Å². The van der Waals surface area contributed by atoms with Crippen molar-refractivity contribution in [3.63, 3.8) is 0 Å². The Balaban J connectivity index is 2.25. The van der Waals surface area contributed by atoms with Gasteiger partial charge in [0.25, 0.3) is 0 Å². The summed E-state index contributed by atoms with van der Waals surface area (Å²) >= 11 is 5.75. The summed E-state index contributed by atoms with van der Waals surface area (Å²) in [5, 5.41) is 0. The van der Waals surface area contributed by atoms with E-state index < -0.39 is 0 Å². The summed E-state index contributed by atoms with van der Waals surface area (Å²) in [6.45, 7) is 1.81. The minimum absolute atomic E-state index is 0.260. The molecule has 17 heavy (non-hydrogen) atoms. The number of rotatable bonds is 3. The van der Waals surface area contributed by atoms with Crippen LogP contribution in [0.2, 0.25) is 0 Å². The van der Waals surface area contributed by atoms with E-state index in [1.54, 1.807) is 6.07 Å². The maximum Gasteiger partial charge on any atom is 0.130 e. The first kappa shape index (κ1) is 11.9. The van der Waals surface area contributed by atoms with Gasteiger partial charge in [0.05, 0.1) is 0 Å². The van der Waals surface area contributed by atoms with Gasteiger partial charge < -0.3 is 4.74 Å². The van der Waals surface area contributed by atoms with E-state index in [4.69, 9.17) is 16.3 Å². The van der Waals surface area contributed by atoms with E-state index in [0.717, 1.165) is 11.1 Å². The molecule has 0 aromatic heterocycles. The molecule has 0 bridgehead atoms. The van der Waals surface area contributed by atoms with Gasteiger partial charge in [0.2, 0.25) is 0 Å². The number of ether oxygens (including phenoxy) is 1. The highest BCUT2D eigenvalue weighted by Gasteiger charge is 2.03. The van der Waals surface area contributed by atoms with Gasteiger partial charge in [-0.2, -0.15) is 0 Å². The molecule has 0 radical (unpaired) electrons. The van der Waals surface area contributed by atoms with Crippen LogP contribution in [0, 0.1) is 12.7 Å². The quantitative estimate of drug-likeness (QED) is 0.720. The van der Waals surface area contributed by atoms with E-state index >= 15 is 0 Å². The van der Waals surface area contributed by atoms with Crippen molar-refractivity contribution in [3.05, 3.63) is 59.4 Å².